The van der Waals surface area contributed by atoms with Crippen LogP contribution in [0.15, 0.2) is 41.3 Å². The number of halogens is 1. The van der Waals surface area contributed by atoms with Crippen LogP contribution in [0.1, 0.15) is 11.1 Å². The van der Waals surface area contributed by atoms with Gasteiger partial charge in [0.2, 0.25) is 0 Å². The van der Waals surface area contributed by atoms with Gasteiger partial charge in [-0.3, -0.25) is 4.72 Å². The molecule has 0 saturated carbocycles. The minimum Gasteiger partial charge on any atom is -0.399 e. The molecule has 0 amide bonds. The molecule has 4 nitrogen and oxygen atoms in total. The zero-order valence-corrected chi connectivity index (χ0v) is 12.0. The quantitative estimate of drug-likeness (QED) is 0.855. The van der Waals surface area contributed by atoms with Gasteiger partial charge in [0.1, 0.15) is 5.82 Å². The Hall–Kier alpha value is -2.08. The van der Waals surface area contributed by atoms with E-state index in [4.69, 9.17) is 5.73 Å². The Balaban J connectivity index is 2.41. The van der Waals surface area contributed by atoms with Gasteiger partial charge in [0, 0.05) is 5.69 Å². The first kappa shape index (κ1) is 14.3. The highest BCUT2D eigenvalue weighted by Gasteiger charge is 2.18. The molecule has 0 aliphatic rings. The monoisotopic (exact) mass is 294 g/mol. The van der Waals surface area contributed by atoms with Crippen LogP contribution in [0.25, 0.3) is 0 Å². The van der Waals surface area contributed by atoms with Gasteiger partial charge in [0.25, 0.3) is 10.0 Å². The van der Waals surface area contributed by atoms with E-state index in [-0.39, 0.29) is 10.6 Å². The number of nitrogen functional groups attached to an aromatic ring is 1. The normalized spacial score (nSPS) is 11.3. The highest BCUT2D eigenvalue weighted by molar-refractivity contribution is 7.92. The maximum absolute atomic E-state index is 13.7. The van der Waals surface area contributed by atoms with Crippen LogP contribution in [0.5, 0.6) is 0 Å². The fourth-order valence-electron chi connectivity index (χ4n) is 1.88. The van der Waals surface area contributed by atoms with Crippen molar-refractivity contribution < 1.29 is 12.8 Å². The Morgan fingerprint density at radius 2 is 1.80 bits per heavy atom. The topological polar surface area (TPSA) is 72.2 Å². The largest absolute Gasteiger partial charge is 0.399 e. The van der Waals surface area contributed by atoms with Crippen LogP contribution >= 0.6 is 0 Å². The number of nitrogens with two attached hydrogens (primary N) is 1. The van der Waals surface area contributed by atoms with E-state index in [9.17, 15) is 12.8 Å². The van der Waals surface area contributed by atoms with Gasteiger partial charge < -0.3 is 5.73 Å². The van der Waals surface area contributed by atoms with Crippen LogP contribution in [0.2, 0.25) is 0 Å². The molecule has 6 heteroatoms. The Morgan fingerprint density at radius 3 is 2.40 bits per heavy atom. The van der Waals surface area contributed by atoms with Gasteiger partial charge in [-0.05, 0) is 55.3 Å². The molecule has 0 aromatic heterocycles. The second kappa shape index (κ2) is 5.13. The molecule has 0 heterocycles. The van der Waals surface area contributed by atoms with Crippen LogP contribution in [0, 0.1) is 19.7 Å². The lowest BCUT2D eigenvalue weighted by Crippen LogP contribution is -2.15. The zero-order chi connectivity index (χ0) is 14.9. The molecule has 0 saturated heterocycles. The fourth-order valence-corrected chi connectivity index (χ4v) is 3.17. The summed E-state index contributed by atoms with van der Waals surface area (Å²) >= 11 is 0. The van der Waals surface area contributed by atoms with Crippen molar-refractivity contribution >= 4 is 21.4 Å². The number of hydrogen-bond acceptors (Lipinski definition) is 3. The maximum atomic E-state index is 13.7. The summed E-state index contributed by atoms with van der Waals surface area (Å²) in [6, 6.07) is 8.76. The molecular formula is C14H15FN2O2S. The number of anilines is 2. The highest BCUT2D eigenvalue weighted by Crippen LogP contribution is 2.23. The smallest absolute Gasteiger partial charge is 0.262 e. The third kappa shape index (κ3) is 2.91. The van der Waals surface area contributed by atoms with Crippen molar-refractivity contribution in [3.05, 3.63) is 53.3 Å². The standard InChI is InChI=1S/C14H15FN2O2S/c1-9-3-5-13(12(15)7-9)17-20(18,19)14-6-4-11(16)8-10(14)2/h3-8,17H,16H2,1-2H3. The van der Waals surface area contributed by atoms with Crippen molar-refractivity contribution in [3.63, 3.8) is 0 Å². The fraction of sp³-hybridized carbons (Fsp3) is 0.143. The lowest BCUT2D eigenvalue weighted by molar-refractivity contribution is 0.598. The Morgan fingerprint density at radius 1 is 1.10 bits per heavy atom. The molecular weight excluding hydrogens is 279 g/mol. The summed E-state index contributed by atoms with van der Waals surface area (Å²) in [6.45, 7) is 3.36. The van der Waals surface area contributed by atoms with Crippen LogP contribution in [0.4, 0.5) is 15.8 Å². The molecule has 0 unspecified atom stereocenters. The van der Waals surface area contributed by atoms with Crippen molar-refractivity contribution in [3.8, 4) is 0 Å². The van der Waals surface area contributed by atoms with Crippen LogP contribution in [-0.2, 0) is 10.0 Å². The molecule has 0 bridgehead atoms. The number of aryl methyl sites for hydroxylation is 2. The molecule has 2 aromatic rings. The van der Waals surface area contributed by atoms with E-state index in [1.807, 2.05) is 0 Å². The summed E-state index contributed by atoms with van der Waals surface area (Å²) in [5, 5.41) is 0. The van der Waals surface area contributed by atoms with Crippen LogP contribution in [-0.4, -0.2) is 8.42 Å². The van der Waals surface area contributed by atoms with Gasteiger partial charge >= 0.3 is 0 Å². The van der Waals surface area contributed by atoms with E-state index in [1.165, 1.54) is 24.3 Å². The Kier molecular flexibility index (Phi) is 3.67. The number of benzene rings is 2. The molecule has 106 valence electrons. The average molecular weight is 294 g/mol. The van der Waals surface area contributed by atoms with E-state index in [0.29, 0.717) is 16.8 Å². The molecule has 0 fully saturated rings. The van der Waals surface area contributed by atoms with Crippen LogP contribution < -0.4 is 10.5 Å². The van der Waals surface area contributed by atoms with Gasteiger partial charge in [-0.25, -0.2) is 12.8 Å². The Labute approximate surface area is 117 Å². The molecule has 3 N–H and O–H groups in total. The van der Waals surface area contributed by atoms with Gasteiger partial charge in [0.15, 0.2) is 0 Å². The summed E-state index contributed by atoms with van der Waals surface area (Å²) in [7, 11) is -3.84. The predicted molar refractivity (Wildman–Crippen MR) is 77.5 cm³/mol. The van der Waals surface area contributed by atoms with Gasteiger partial charge in [-0.2, -0.15) is 0 Å². The van der Waals surface area contributed by atoms with Crippen molar-refractivity contribution in [2.75, 3.05) is 10.5 Å². The van der Waals surface area contributed by atoms with Crippen LogP contribution in [0.3, 0.4) is 0 Å². The molecule has 2 aromatic carbocycles. The third-order valence-electron chi connectivity index (χ3n) is 2.86. The predicted octanol–water partition coefficient (Wildman–Crippen LogP) is 2.83. The van der Waals surface area contributed by atoms with E-state index in [2.05, 4.69) is 4.72 Å². The zero-order valence-electron chi connectivity index (χ0n) is 11.1. The first-order valence-electron chi connectivity index (χ1n) is 5.95. The molecule has 20 heavy (non-hydrogen) atoms. The van der Waals surface area contributed by atoms with E-state index in [1.54, 1.807) is 26.0 Å². The summed E-state index contributed by atoms with van der Waals surface area (Å²) in [5.74, 6) is -0.610. The average Bonchev–Trinajstić information content (AvgIpc) is 2.32. The molecule has 0 atom stereocenters. The van der Waals surface area contributed by atoms with Gasteiger partial charge in [0.05, 0.1) is 10.6 Å². The second-order valence-corrected chi connectivity index (χ2v) is 6.26. The van der Waals surface area contributed by atoms with Crippen molar-refractivity contribution in [1.29, 1.82) is 0 Å². The van der Waals surface area contributed by atoms with E-state index >= 15 is 0 Å². The molecule has 0 aliphatic carbocycles. The summed E-state index contributed by atoms with van der Waals surface area (Å²) in [6.07, 6.45) is 0. The summed E-state index contributed by atoms with van der Waals surface area (Å²) in [5.41, 5.74) is 7.21. The molecule has 0 radical (unpaired) electrons. The lowest BCUT2D eigenvalue weighted by atomic mass is 10.2. The maximum Gasteiger partial charge on any atom is 0.262 e. The molecule has 0 aliphatic heterocycles. The SMILES string of the molecule is Cc1ccc(NS(=O)(=O)c2ccc(N)cc2C)c(F)c1. The summed E-state index contributed by atoms with van der Waals surface area (Å²) < 4.78 is 40.5. The van der Waals surface area contributed by atoms with E-state index < -0.39 is 15.8 Å². The van der Waals surface area contributed by atoms with Crippen molar-refractivity contribution in [2.24, 2.45) is 0 Å². The molecule has 2 rings (SSSR count). The van der Waals surface area contributed by atoms with Gasteiger partial charge in [-0.1, -0.05) is 6.07 Å². The number of nitrogens with one attached hydrogen (secondary N) is 1. The minimum absolute atomic E-state index is 0.0756. The Bertz CT molecular complexity index is 758. The lowest BCUT2D eigenvalue weighted by Gasteiger charge is -2.11. The second-order valence-electron chi connectivity index (χ2n) is 4.61. The minimum atomic E-state index is -3.84. The molecule has 0 spiro atoms. The number of rotatable bonds is 3. The summed E-state index contributed by atoms with van der Waals surface area (Å²) in [4.78, 5) is 0.0756. The van der Waals surface area contributed by atoms with Gasteiger partial charge in [-0.15, -0.1) is 0 Å². The van der Waals surface area contributed by atoms with Crippen molar-refractivity contribution in [2.45, 2.75) is 18.7 Å². The first-order valence-corrected chi connectivity index (χ1v) is 7.43. The number of hydrogen-bond donors (Lipinski definition) is 2. The number of sulfonamides is 1. The first-order chi connectivity index (χ1) is 9.29. The third-order valence-corrected chi connectivity index (χ3v) is 4.38. The highest BCUT2D eigenvalue weighted by atomic mass is 32.2. The van der Waals surface area contributed by atoms with E-state index in [0.717, 1.165) is 0 Å². The van der Waals surface area contributed by atoms with Crippen molar-refractivity contribution in [1.82, 2.24) is 0 Å².